The number of anilines is 1. The Morgan fingerprint density at radius 1 is 1.03 bits per heavy atom. The fourth-order valence-electron chi connectivity index (χ4n) is 5.18. The highest BCUT2D eigenvalue weighted by atomic mass is 32.2. The fourth-order valence-corrected chi connectivity index (χ4v) is 6.23. The molecule has 3 fully saturated rings. The second-order valence-corrected chi connectivity index (χ2v) is 11.3. The second kappa shape index (κ2) is 9.72. The van der Waals surface area contributed by atoms with Crippen LogP contribution in [0.25, 0.3) is 0 Å². The SMILES string of the molecule is N#CC1CC(F)CN1C(=O)CNC1C2CN(C(=O)c3ccc(NS(=O)(=O)c4ccc(F)cc4)cc3)CC21. The van der Waals surface area contributed by atoms with E-state index in [-0.39, 0.29) is 59.8 Å². The van der Waals surface area contributed by atoms with E-state index in [9.17, 15) is 26.8 Å². The number of hydrogen-bond acceptors (Lipinski definition) is 6. The molecule has 2 N–H and O–H groups in total. The first-order valence-electron chi connectivity index (χ1n) is 11.9. The lowest BCUT2D eigenvalue weighted by atomic mass is 10.2. The summed E-state index contributed by atoms with van der Waals surface area (Å²) in [5, 5.41) is 12.3. The maximum Gasteiger partial charge on any atom is 0.261 e. The number of likely N-dealkylation sites (tertiary alicyclic amines) is 2. The Bertz CT molecular complexity index is 1330. The molecule has 4 atom stereocenters. The lowest BCUT2D eigenvalue weighted by Crippen LogP contribution is -2.43. The summed E-state index contributed by atoms with van der Waals surface area (Å²) in [4.78, 5) is 28.3. The van der Waals surface area contributed by atoms with Gasteiger partial charge in [0.05, 0.1) is 24.1 Å². The van der Waals surface area contributed by atoms with E-state index in [2.05, 4.69) is 10.0 Å². The van der Waals surface area contributed by atoms with Crippen LogP contribution in [-0.4, -0.2) is 74.5 Å². The van der Waals surface area contributed by atoms with Gasteiger partial charge in [0.1, 0.15) is 18.0 Å². The zero-order valence-corrected chi connectivity index (χ0v) is 20.5. The molecule has 2 aromatic rings. The largest absolute Gasteiger partial charge is 0.338 e. The normalized spacial score (nSPS) is 26.5. The van der Waals surface area contributed by atoms with E-state index in [0.717, 1.165) is 12.1 Å². The van der Waals surface area contributed by atoms with E-state index >= 15 is 0 Å². The summed E-state index contributed by atoms with van der Waals surface area (Å²) in [5.74, 6) is -0.558. The molecule has 2 aliphatic heterocycles. The highest BCUT2D eigenvalue weighted by Gasteiger charge is 2.56. The van der Waals surface area contributed by atoms with Gasteiger partial charge >= 0.3 is 0 Å². The number of nitrogens with zero attached hydrogens (tertiary/aromatic N) is 3. The Morgan fingerprint density at radius 2 is 1.68 bits per heavy atom. The van der Waals surface area contributed by atoms with Gasteiger partial charge in [-0.3, -0.25) is 14.3 Å². The van der Waals surface area contributed by atoms with Gasteiger partial charge in [-0.2, -0.15) is 5.26 Å². The van der Waals surface area contributed by atoms with Crippen molar-refractivity contribution in [2.75, 3.05) is 30.9 Å². The van der Waals surface area contributed by atoms with E-state index in [1.165, 1.54) is 29.2 Å². The summed E-state index contributed by atoms with van der Waals surface area (Å²) < 4.78 is 54.0. The summed E-state index contributed by atoms with van der Waals surface area (Å²) in [6.07, 6.45) is -1.12. The van der Waals surface area contributed by atoms with Crippen LogP contribution in [0.3, 0.4) is 0 Å². The summed E-state index contributed by atoms with van der Waals surface area (Å²) in [5.41, 5.74) is 0.692. The number of nitrogens with one attached hydrogen (secondary N) is 2. The zero-order chi connectivity index (χ0) is 26.3. The first kappa shape index (κ1) is 25.1. The predicted molar refractivity (Wildman–Crippen MR) is 129 cm³/mol. The van der Waals surface area contributed by atoms with Crippen LogP contribution in [0.4, 0.5) is 14.5 Å². The topological polar surface area (TPSA) is 123 Å². The quantitative estimate of drug-likeness (QED) is 0.564. The molecule has 194 valence electrons. The zero-order valence-electron chi connectivity index (χ0n) is 19.7. The maximum atomic E-state index is 13.6. The van der Waals surface area contributed by atoms with Crippen molar-refractivity contribution in [3.63, 3.8) is 0 Å². The number of fused-ring (bicyclic) bond motifs is 1. The molecule has 3 aliphatic rings. The smallest absolute Gasteiger partial charge is 0.261 e. The van der Waals surface area contributed by atoms with E-state index < -0.39 is 28.1 Å². The minimum atomic E-state index is -3.89. The van der Waals surface area contributed by atoms with Gasteiger partial charge in [0.2, 0.25) is 5.91 Å². The molecule has 2 saturated heterocycles. The number of carbonyl (C=O) groups is 2. The minimum absolute atomic E-state index is 0.0335. The number of piperidine rings is 1. The van der Waals surface area contributed by atoms with Crippen LogP contribution in [0.2, 0.25) is 0 Å². The summed E-state index contributed by atoms with van der Waals surface area (Å²) in [7, 11) is -3.89. The molecule has 12 heteroatoms. The van der Waals surface area contributed by atoms with Gasteiger partial charge in [-0.05, 0) is 60.4 Å². The molecule has 9 nitrogen and oxygen atoms in total. The molecule has 0 aromatic heterocycles. The van der Waals surface area contributed by atoms with Gasteiger partial charge in [-0.1, -0.05) is 0 Å². The van der Waals surface area contributed by atoms with Crippen LogP contribution < -0.4 is 10.0 Å². The number of sulfonamides is 1. The van der Waals surface area contributed by atoms with Crippen LogP contribution >= 0.6 is 0 Å². The molecular weight excluding hydrogens is 504 g/mol. The third kappa shape index (κ3) is 5.14. The van der Waals surface area contributed by atoms with Crippen molar-refractivity contribution in [2.45, 2.75) is 29.6 Å². The van der Waals surface area contributed by atoms with E-state index in [4.69, 9.17) is 5.26 Å². The molecule has 2 aromatic carbocycles. The summed E-state index contributed by atoms with van der Waals surface area (Å²) in [6.45, 7) is 1.05. The number of benzene rings is 2. The molecule has 5 rings (SSSR count). The molecule has 37 heavy (non-hydrogen) atoms. The van der Waals surface area contributed by atoms with Crippen LogP contribution in [0.15, 0.2) is 53.4 Å². The van der Waals surface area contributed by atoms with E-state index in [1.807, 2.05) is 6.07 Å². The van der Waals surface area contributed by atoms with Crippen LogP contribution in [0.5, 0.6) is 0 Å². The Morgan fingerprint density at radius 3 is 2.30 bits per heavy atom. The van der Waals surface area contributed by atoms with Gasteiger partial charge in [0, 0.05) is 36.8 Å². The summed E-state index contributed by atoms with van der Waals surface area (Å²) in [6, 6.07) is 11.9. The predicted octanol–water partition coefficient (Wildman–Crippen LogP) is 1.75. The molecule has 0 spiro atoms. The molecular formula is C25H25F2N5O4S. The molecule has 1 saturated carbocycles. The van der Waals surface area contributed by atoms with Crippen molar-refractivity contribution in [1.82, 2.24) is 15.1 Å². The van der Waals surface area contributed by atoms with Gasteiger partial charge in [0.25, 0.3) is 15.9 Å². The highest BCUT2D eigenvalue weighted by molar-refractivity contribution is 7.92. The number of alkyl halides is 1. The molecule has 0 bridgehead atoms. The van der Waals surface area contributed by atoms with Gasteiger partial charge in [-0.15, -0.1) is 0 Å². The Hall–Kier alpha value is -3.56. The number of halogens is 2. The highest BCUT2D eigenvalue weighted by Crippen LogP contribution is 2.45. The number of carbonyl (C=O) groups excluding carboxylic acids is 2. The van der Waals surface area contributed by atoms with Crippen molar-refractivity contribution < 1.29 is 26.8 Å². The van der Waals surface area contributed by atoms with Crippen molar-refractivity contribution in [1.29, 1.82) is 5.26 Å². The number of hydrogen-bond donors (Lipinski definition) is 2. The van der Waals surface area contributed by atoms with E-state index in [1.54, 1.807) is 17.0 Å². The van der Waals surface area contributed by atoms with Gasteiger partial charge in [-0.25, -0.2) is 17.2 Å². The first-order chi connectivity index (χ1) is 17.7. The Kier molecular flexibility index (Phi) is 6.59. The van der Waals surface area contributed by atoms with Crippen molar-refractivity contribution in [3.8, 4) is 6.07 Å². The third-order valence-corrected chi connectivity index (χ3v) is 8.59. The van der Waals surface area contributed by atoms with Crippen molar-refractivity contribution >= 4 is 27.5 Å². The number of amides is 2. The van der Waals surface area contributed by atoms with E-state index in [0.29, 0.717) is 18.7 Å². The van der Waals surface area contributed by atoms with Crippen LogP contribution in [0.1, 0.15) is 16.8 Å². The lowest BCUT2D eigenvalue weighted by molar-refractivity contribution is -0.130. The molecule has 2 heterocycles. The maximum absolute atomic E-state index is 13.6. The standard InChI is InChI=1S/C25H25F2N5O4S/c26-16-3-7-20(8-4-16)37(35,36)30-18-5-1-15(2-6-18)25(34)31-13-21-22(14-31)24(21)29-11-23(33)32-12-17(27)9-19(32)10-28/h1-8,17,19,21-22,24,29-30H,9,11-14H2. The van der Waals surface area contributed by atoms with Crippen molar-refractivity contribution in [2.24, 2.45) is 11.8 Å². The monoisotopic (exact) mass is 529 g/mol. The lowest BCUT2D eigenvalue weighted by Gasteiger charge is -2.22. The molecule has 1 aliphatic carbocycles. The first-order valence-corrected chi connectivity index (χ1v) is 13.4. The van der Waals surface area contributed by atoms with Gasteiger partial charge < -0.3 is 15.1 Å². The third-order valence-electron chi connectivity index (χ3n) is 7.20. The van der Waals surface area contributed by atoms with Crippen LogP contribution in [-0.2, 0) is 14.8 Å². The fraction of sp³-hybridized carbons (Fsp3) is 0.400. The Balaban J connectivity index is 1.10. The average Bonchev–Trinajstić information content (AvgIpc) is 3.18. The molecule has 2 amide bonds. The molecule has 0 radical (unpaired) electrons. The molecule has 4 unspecified atom stereocenters. The average molecular weight is 530 g/mol. The van der Waals surface area contributed by atoms with Gasteiger partial charge in [0.15, 0.2) is 0 Å². The Labute approximate surface area is 213 Å². The van der Waals surface area contributed by atoms with Crippen LogP contribution in [0, 0.1) is 29.0 Å². The number of rotatable bonds is 7. The minimum Gasteiger partial charge on any atom is -0.338 e. The number of nitriles is 1. The second-order valence-electron chi connectivity index (χ2n) is 9.61. The summed E-state index contributed by atoms with van der Waals surface area (Å²) >= 11 is 0. The van der Waals surface area contributed by atoms with Crippen molar-refractivity contribution in [3.05, 3.63) is 59.9 Å².